The Bertz CT molecular complexity index is 1260. The third-order valence-electron chi connectivity index (χ3n) is 6.79. The Morgan fingerprint density at radius 2 is 1.77 bits per heavy atom. The quantitative estimate of drug-likeness (QED) is 0.401. The summed E-state index contributed by atoms with van der Waals surface area (Å²) in [6, 6.07) is 21.4. The maximum Gasteiger partial charge on any atom is 0.160 e. The van der Waals surface area contributed by atoms with Crippen LogP contribution in [0.15, 0.2) is 89.9 Å². The van der Waals surface area contributed by atoms with Gasteiger partial charge in [0.15, 0.2) is 6.73 Å². The standard InChI is InChI=1S/C29H33N5O/c1-4-32(5-2)25-15-11-23(12-16-25)28-19-24(14-17-26-20-35-21-33(26)6-3)31-34(28)29-18-13-22-9-7-8-10-27(22)30-29/h7-18,20,28H,4-6,19,21H2,1-3H3. The van der Waals surface area contributed by atoms with Crippen LogP contribution in [-0.2, 0) is 4.74 Å². The van der Waals surface area contributed by atoms with E-state index in [1.54, 1.807) is 0 Å². The van der Waals surface area contributed by atoms with Crippen LogP contribution in [0.2, 0.25) is 0 Å². The molecule has 3 heterocycles. The molecule has 0 aliphatic carbocycles. The molecule has 0 saturated carbocycles. The number of pyridine rings is 1. The average molecular weight is 468 g/mol. The molecule has 0 radical (unpaired) electrons. The van der Waals surface area contributed by atoms with Crippen LogP contribution in [-0.4, -0.2) is 42.0 Å². The zero-order valence-electron chi connectivity index (χ0n) is 20.8. The third kappa shape index (κ3) is 4.74. The predicted octanol–water partition coefficient (Wildman–Crippen LogP) is 6.10. The van der Waals surface area contributed by atoms with Gasteiger partial charge in [0.2, 0.25) is 0 Å². The van der Waals surface area contributed by atoms with Crippen molar-refractivity contribution < 1.29 is 4.74 Å². The number of fused-ring (bicyclic) bond motifs is 1. The normalized spacial score (nSPS) is 17.7. The molecule has 5 rings (SSSR count). The van der Waals surface area contributed by atoms with Crippen molar-refractivity contribution in [3.63, 3.8) is 0 Å². The van der Waals surface area contributed by atoms with Gasteiger partial charge >= 0.3 is 0 Å². The topological polar surface area (TPSA) is 44.2 Å². The first-order valence-electron chi connectivity index (χ1n) is 12.5. The largest absolute Gasteiger partial charge is 0.479 e. The molecule has 180 valence electrons. The fourth-order valence-corrected chi connectivity index (χ4v) is 4.75. The van der Waals surface area contributed by atoms with Crippen LogP contribution >= 0.6 is 0 Å². The lowest BCUT2D eigenvalue weighted by molar-refractivity contribution is 0.173. The summed E-state index contributed by atoms with van der Waals surface area (Å²) in [4.78, 5) is 9.51. The van der Waals surface area contributed by atoms with E-state index in [1.807, 2.05) is 18.4 Å². The first kappa shape index (κ1) is 23.0. The van der Waals surface area contributed by atoms with Crippen molar-refractivity contribution in [1.29, 1.82) is 0 Å². The molecule has 0 spiro atoms. The molecule has 35 heavy (non-hydrogen) atoms. The van der Waals surface area contributed by atoms with Crippen molar-refractivity contribution in [3.8, 4) is 0 Å². The minimum atomic E-state index is 0.0881. The van der Waals surface area contributed by atoms with E-state index < -0.39 is 0 Å². The van der Waals surface area contributed by atoms with Crippen molar-refractivity contribution >= 4 is 28.1 Å². The van der Waals surface area contributed by atoms with Crippen molar-refractivity contribution in [3.05, 3.63) is 90.3 Å². The molecule has 0 fully saturated rings. The van der Waals surface area contributed by atoms with E-state index >= 15 is 0 Å². The van der Waals surface area contributed by atoms with E-state index in [4.69, 9.17) is 14.8 Å². The number of hydrazone groups is 1. The Hall–Kier alpha value is -3.80. The van der Waals surface area contributed by atoms with Crippen LogP contribution in [0, 0.1) is 0 Å². The average Bonchev–Trinajstić information content (AvgIpc) is 3.55. The van der Waals surface area contributed by atoms with Gasteiger partial charge in [0.1, 0.15) is 12.1 Å². The van der Waals surface area contributed by atoms with Gasteiger partial charge < -0.3 is 14.5 Å². The number of para-hydroxylation sites is 1. The van der Waals surface area contributed by atoms with E-state index in [1.165, 1.54) is 11.3 Å². The predicted molar refractivity (Wildman–Crippen MR) is 145 cm³/mol. The third-order valence-corrected chi connectivity index (χ3v) is 6.79. The van der Waals surface area contributed by atoms with Crippen molar-refractivity contribution in [1.82, 2.24) is 9.88 Å². The highest BCUT2D eigenvalue weighted by Gasteiger charge is 2.29. The van der Waals surface area contributed by atoms with Crippen molar-refractivity contribution in [2.24, 2.45) is 5.10 Å². The van der Waals surface area contributed by atoms with Gasteiger partial charge in [0.25, 0.3) is 0 Å². The van der Waals surface area contributed by atoms with Gasteiger partial charge in [-0.25, -0.2) is 9.99 Å². The molecular formula is C29H33N5O. The summed E-state index contributed by atoms with van der Waals surface area (Å²) in [5, 5.41) is 8.24. The van der Waals surface area contributed by atoms with Gasteiger partial charge in [0.05, 0.1) is 23.0 Å². The molecule has 3 aromatic rings. The molecule has 0 saturated heterocycles. The number of hydrogen-bond donors (Lipinski definition) is 0. The van der Waals surface area contributed by atoms with Crippen LogP contribution in [0.3, 0.4) is 0 Å². The molecule has 6 nitrogen and oxygen atoms in total. The minimum Gasteiger partial charge on any atom is -0.479 e. The van der Waals surface area contributed by atoms with E-state index in [0.717, 1.165) is 54.2 Å². The van der Waals surface area contributed by atoms with E-state index in [-0.39, 0.29) is 6.04 Å². The fraction of sp³-hybridized carbons (Fsp3) is 0.310. The van der Waals surface area contributed by atoms with Gasteiger partial charge in [0, 0.05) is 37.1 Å². The summed E-state index contributed by atoms with van der Waals surface area (Å²) in [7, 11) is 0. The second-order valence-electron chi connectivity index (χ2n) is 8.81. The Morgan fingerprint density at radius 3 is 2.54 bits per heavy atom. The van der Waals surface area contributed by atoms with Crippen LogP contribution in [0.1, 0.15) is 38.8 Å². The minimum absolute atomic E-state index is 0.0881. The number of hydrogen-bond acceptors (Lipinski definition) is 6. The highest BCUT2D eigenvalue weighted by atomic mass is 16.5. The Morgan fingerprint density at radius 1 is 0.971 bits per heavy atom. The smallest absolute Gasteiger partial charge is 0.160 e. The number of allylic oxidation sites excluding steroid dienone is 2. The maximum atomic E-state index is 5.49. The van der Waals surface area contributed by atoms with Crippen molar-refractivity contribution in [2.75, 3.05) is 36.3 Å². The molecule has 1 aromatic heterocycles. The Labute approximate surface area is 207 Å². The van der Waals surface area contributed by atoms with Gasteiger partial charge in [-0.05, 0) is 68.8 Å². The SMILES string of the molecule is CCN1COC=C1C=CC1=NN(c2ccc3ccccc3n2)C(c2ccc(N(CC)CC)cc2)C1. The summed E-state index contributed by atoms with van der Waals surface area (Å²) in [6.45, 7) is 10.0. The second-order valence-corrected chi connectivity index (χ2v) is 8.81. The molecule has 1 atom stereocenters. The molecule has 1 unspecified atom stereocenters. The zero-order valence-corrected chi connectivity index (χ0v) is 20.8. The number of nitrogens with zero attached hydrogens (tertiary/aromatic N) is 5. The lowest BCUT2D eigenvalue weighted by atomic mass is 10.0. The number of aromatic nitrogens is 1. The first-order chi connectivity index (χ1) is 17.2. The zero-order chi connectivity index (χ0) is 24.2. The monoisotopic (exact) mass is 467 g/mol. The number of anilines is 2. The summed E-state index contributed by atoms with van der Waals surface area (Å²) >= 11 is 0. The lowest BCUT2D eigenvalue weighted by Gasteiger charge is -2.25. The van der Waals surface area contributed by atoms with Gasteiger partial charge in [-0.1, -0.05) is 30.3 Å². The Kier molecular flexibility index (Phi) is 6.70. The number of ether oxygens (including phenoxy) is 1. The molecular weight excluding hydrogens is 434 g/mol. The summed E-state index contributed by atoms with van der Waals surface area (Å²) in [6.07, 6.45) is 6.85. The molecule has 0 amide bonds. The number of likely N-dealkylation sites (N-methyl/N-ethyl adjacent to an activating group) is 1. The molecule has 2 aliphatic rings. The van der Waals surface area contributed by atoms with Crippen LogP contribution in [0.4, 0.5) is 11.5 Å². The second kappa shape index (κ2) is 10.2. The van der Waals surface area contributed by atoms with Crippen LogP contribution < -0.4 is 9.91 Å². The van der Waals surface area contributed by atoms with Crippen LogP contribution in [0.5, 0.6) is 0 Å². The maximum absolute atomic E-state index is 5.49. The highest BCUT2D eigenvalue weighted by Crippen LogP contribution is 2.36. The van der Waals surface area contributed by atoms with Gasteiger partial charge in [-0.3, -0.25) is 0 Å². The molecule has 2 aromatic carbocycles. The van der Waals surface area contributed by atoms with Gasteiger partial charge in [-0.15, -0.1) is 0 Å². The molecule has 6 heteroatoms. The molecule has 0 bridgehead atoms. The van der Waals surface area contributed by atoms with Crippen LogP contribution in [0.25, 0.3) is 10.9 Å². The number of rotatable bonds is 8. The molecule has 0 N–H and O–H groups in total. The van der Waals surface area contributed by atoms with Gasteiger partial charge in [-0.2, -0.15) is 5.10 Å². The summed E-state index contributed by atoms with van der Waals surface area (Å²) in [5.41, 5.74) is 5.58. The summed E-state index contributed by atoms with van der Waals surface area (Å²) in [5.74, 6) is 0.864. The fourth-order valence-electron chi connectivity index (χ4n) is 4.75. The summed E-state index contributed by atoms with van der Waals surface area (Å²) < 4.78 is 5.49. The van der Waals surface area contributed by atoms with E-state index in [2.05, 4.69) is 96.3 Å². The van der Waals surface area contributed by atoms with E-state index in [0.29, 0.717) is 6.73 Å². The molecule has 2 aliphatic heterocycles. The Balaban J connectivity index is 1.47. The van der Waals surface area contributed by atoms with Crippen molar-refractivity contribution in [2.45, 2.75) is 33.2 Å². The lowest BCUT2D eigenvalue weighted by Crippen LogP contribution is -2.22. The van der Waals surface area contributed by atoms with E-state index in [9.17, 15) is 0 Å². The first-order valence-corrected chi connectivity index (χ1v) is 12.5. The number of benzene rings is 2. The highest BCUT2D eigenvalue weighted by molar-refractivity contribution is 5.98.